The van der Waals surface area contributed by atoms with E-state index in [2.05, 4.69) is 0 Å². The summed E-state index contributed by atoms with van der Waals surface area (Å²) in [5.41, 5.74) is 1.02. The summed E-state index contributed by atoms with van der Waals surface area (Å²) >= 11 is 0. The van der Waals surface area contributed by atoms with Crippen molar-refractivity contribution in [1.82, 2.24) is 0 Å². The second kappa shape index (κ2) is 5.07. The molecule has 2 aromatic rings. The molecule has 0 saturated carbocycles. The topological polar surface area (TPSA) is 50.1 Å². The molecule has 0 fully saturated rings. The smallest absolute Gasteiger partial charge is 0.344 e. The fourth-order valence-electron chi connectivity index (χ4n) is 1.37. The number of benzene rings is 2. The minimum Gasteiger partial charge on any atom is -0.404 e. The number of hydrogen-bond donors (Lipinski definition) is 1. The van der Waals surface area contributed by atoms with Crippen LogP contribution in [0.25, 0.3) is 0 Å². The Bertz CT molecular complexity index is 471. The highest BCUT2D eigenvalue weighted by Gasteiger charge is 2.10. The van der Waals surface area contributed by atoms with E-state index in [0.717, 1.165) is 0 Å². The highest BCUT2D eigenvalue weighted by molar-refractivity contribution is 6.03. The number of ether oxygens (including phenoxy) is 1. The van der Waals surface area contributed by atoms with Crippen molar-refractivity contribution in [3.8, 4) is 0 Å². The number of nitrogens with one attached hydrogen (secondary N) is 1. The molecule has 2 aromatic carbocycles. The summed E-state index contributed by atoms with van der Waals surface area (Å²) in [4.78, 5) is 11.7. The Labute approximate surface area is 99.2 Å². The first-order valence-corrected chi connectivity index (χ1v) is 5.18. The van der Waals surface area contributed by atoms with Crippen molar-refractivity contribution in [2.24, 2.45) is 0 Å². The summed E-state index contributed by atoms with van der Waals surface area (Å²) in [5, 5.41) is 7.67. The predicted molar refractivity (Wildman–Crippen MR) is 65.1 cm³/mol. The Morgan fingerprint density at radius 2 is 1.29 bits per heavy atom. The lowest BCUT2D eigenvalue weighted by Crippen LogP contribution is -2.12. The van der Waals surface area contributed by atoms with E-state index >= 15 is 0 Å². The second-order valence-electron chi connectivity index (χ2n) is 3.45. The van der Waals surface area contributed by atoms with Crippen LogP contribution in [-0.4, -0.2) is 11.9 Å². The first-order valence-electron chi connectivity index (χ1n) is 5.18. The zero-order valence-corrected chi connectivity index (χ0v) is 9.09. The van der Waals surface area contributed by atoms with Gasteiger partial charge in [0.2, 0.25) is 5.90 Å². The molecular formula is C14H11NO2. The zero-order valence-electron chi connectivity index (χ0n) is 9.09. The van der Waals surface area contributed by atoms with Gasteiger partial charge in [0.25, 0.3) is 0 Å². The lowest BCUT2D eigenvalue weighted by Gasteiger charge is -2.05. The molecule has 0 aliphatic rings. The van der Waals surface area contributed by atoms with Gasteiger partial charge in [-0.15, -0.1) is 0 Å². The molecular weight excluding hydrogens is 214 g/mol. The maximum Gasteiger partial charge on any atom is 0.344 e. The number of carbonyl (C=O) groups excluding carboxylic acids is 1. The van der Waals surface area contributed by atoms with E-state index < -0.39 is 5.97 Å². The molecule has 0 spiro atoms. The fourth-order valence-corrected chi connectivity index (χ4v) is 1.37. The number of hydrogen-bond acceptors (Lipinski definition) is 3. The maximum absolute atomic E-state index is 11.7. The van der Waals surface area contributed by atoms with Crippen molar-refractivity contribution >= 4 is 11.9 Å². The molecule has 0 bridgehead atoms. The van der Waals surface area contributed by atoms with E-state index in [1.54, 1.807) is 48.5 Å². The van der Waals surface area contributed by atoms with Gasteiger partial charge in [0.1, 0.15) is 0 Å². The minimum absolute atomic E-state index is 0.139. The summed E-state index contributed by atoms with van der Waals surface area (Å²) in [7, 11) is 0. The summed E-state index contributed by atoms with van der Waals surface area (Å²) in [6.07, 6.45) is 0. The molecule has 0 saturated heterocycles. The van der Waals surface area contributed by atoms with E-state index in [4.69, 9.17) is 10.1 Å². The molecule has 1 N–H and O–H groups in total. The van der Waals surface area contributed by atoms with E-state index in [9.17, 15) is 4.79 Å². The number of rotatable bonds is 2. The van der Waals surface area contributed by atoms with Gasteiger partial charge in [-0.3, -0.25) is 5.41 Å². The zero-order chi connectivity index (χ0) is 12.1. The van der Waals surface area contributed by atoms with Gasteiger partial charge in [0.15, 0.2) is 0 Å². The third-order valence-electron chi connectivity index (χ3n) is 2.24. The van der Waals surface area contributed by atoms with Crippen molar-refractivity contribution in [3.63, 3.8) is 0 Å². The highest BCUT2D eigenvalue weighted by atomic mass is 16.5. The molecule has 84 valence electrons. The highest BCUT2D eigenvalue weighted by Crippen LogP contribution is 2.05. The van der Waals surface area contributed by atoms with Gasteiger partial charge in [0, 0.05) is 5.56 Å². The van der Waals surface area contributed by atoms with Crippen LogP contribution in [0, 0.1) is 5.41 Å². The minimum atomic E-state index is -0.514. The van der Waals surface area contributed by atoms with Gasteiger partial charge in [-0.1, -0.05) is 36.4 Å². The standard InChI is InChI=1S/C14H11NO2/c15-13(11-7-3-1-4-8-11)17-14(16)12-9-5-2-6-10-12/h1-10,15H. The van der Waals surface area contributed by atoms with Crippen LogP contribution < -0.4 is 0 Å². The second-order valence-corrected chi connectivity index (χ2v) is 3.45. The largest absolute Gasteiger partial charge is 0.404 e. The average molecular weight is 225 g/mol. The lowest BCUT2D eigenvalue weighted by molar-refractivity contribution is 0.0716. The van der Waals surface area contributed by atoms with Crippen LogP contribution in [0.4, 0.5) is 0 Å². The van der Waals surface area contributed by atoms with Crippen LogP contribution in [0.5, 0.6) is 0 Å². The van der Waals surface area contributed by atoms with Crippen molar-refractivity contribution in [3.05, 3.63) is 71.8 Å². The van der Waals surface area contributed by atoms with E-state index in [-0.39, 0.29) is 5.90 Å². The Balaban J connectivity index is 2.08. The molecule has 0 amide bonds. The molecule has 3 nitrogen and oxygen atoms in total. The van der Waals surface area contributed by atoms with Gasteiger partial charge >= 0.3 is 5.97 Å². The SMILES string of the molecule is N=C(OC(=O)c1ccccc1)c1ccccc1. The number of carbonyl (C=O) groups is 1. The van der Waals surface area contributed by atoms with Gasteiger partial charge in [-0.05, 0) is 24.3 Å². The van der Waals surface area contributed by atoms with Crippen molar-refractivity contribution in [1.29, 1.82) is 5.41 Å². The molecule has 0 heterocycles. The molecule has 17 heavy (non-hydrogen) atoms. The summed E-state index contributed by atoms with van der Waals surface area (Å²) < 4.78 is 4.97. The van der Waals surface area contributed by atoms with Crippen LogP contribution in [0.3, 0.4) is 0 Å². The van der Waals surface area contributed by atoms with Gasteiger partial charge < -0.3 is 4.74 Å². The monoisotopic (exact) mass is 225 g/mol. The normalized spacial score (nSPS) is 9.65. The third-order valence-corrected chi connectivity index (χ3v) is 2.24. The molecule has 0 atom stereocenters. The molecule has 0 aliphatic carbocycles. The van der Waals surface area contributed by atoms with Crippen LogP contribution in [0.2, 0.25) is 0 Å². The van der Waals surface area contributed by atoms with Crippen LogP contribution >= 0.6 is 0 Å². The van der Waals surface area contributed by atoms with Gasteiger partial charge in [0.05, 0.1) is 5.56 Å². The quantitative estimate of drug-likeness (QED) is 0.485. The first-order chi connectivity index (χ1) is 8.27. The Kier molecular flexibility index (Phi) is 3.31. The Morgan fingerprint density at radius 3 is 1.82 bits per heavy atom. The third kappa shape index (κ3) is 2.78. The molecule has 0 aromatic heterocycles. The lowest BCUT2D eigenvalue weighted by atomic mass is 10.2. The Hall–Kier alpha value is -2.42. The van der Waals surface area contributed by atoms with Crippen LogP contribution in [0.15, 0.2) is 60.7 Å². The summed E-state index contributed by atoms with van der Waals surface area (Å²) in [6, 6.07) is 17.5. The Morgan fingerprint density at radius 1 is 0.824 bits per heavy atom. The van der Waals surface area contributed by atoms with E-state index in [1.165, 1.54) is 0 Å². The summed E-state index contributed by atoms with van der Waals surface area (Å²) in [5.74, 6) is -0.654. The molecule has 0 unspecified atom stereocenters. The van der Waals surface area contributed by atoms with Gasteiger partial charge in [-0.2, -0.15) is 0 Å². The van der Waals surface area contributed by atoms with Crippen LogP contribution in [-0.2, 0) is 4.74 Å². The maximum atomic E-state index is 11.7. The van der Waals surface area contributed by atoms with Gasteiger partial charge in [-0.25, -0.2) is 4.79 Å². The van der Waals surface area contributed by atoms with E-state index in [1.807, 2.05) is 12.1 Å². The van der Waals surface area contributed by atoms with Crippen molar-refractivity contribution < 1.29 is 9.53 Å². The molecule has 3 heteroatoms. The molecule has 0 aliphatic heterocycles. The summed E-state index contributed by atoms with van der Waals surface area (Å²) in [6.45, 7) is 0. The molecule has 0 radical (unpaired) electrons. The first kappa shape index (κ1) is 11.1. The fraction of sp³-hybridized carbons (Fsp3) is 0. The van der Waals surface area contributed by atoms with Crippen LogP contribution in [0.1, 0.15) is 15.9 Å². The van der Waals surface area contributed by atoms with E-state index in [0.29, 0.717) is 11.1 Å². The van der Waals surface area contributed by atoms with Crippen molar-refractivity contribution in [2.75, 3.05) is 0 Å². The van der Waals surface area contributed by atoms with Crippen molar-refractivity contribution in [2.45, 2.75) is 0 Å². The molecule has 2 rings (SSSR count). The number of esters is 1. The predicted octanol–water partition coefficient (Wildman–Crippen LogP) is 2.87. The average Bonchev–Trinajstić information content (AvgIpc) is 2.40.